The molecule has 1 heterocycles. The summed E-state index contributed by atoms with van der Waals surface area (Å²) in [6.07, 6.45) is 3.99. The van der Waals surface area contributed by atoms with E-state index in [9.17, 15) is 4.79 Å². The number of aromatic nitrogens is 2. The Morgan fingerprint density at radius 3 is 2.86 bits per heavy atom. The first-order chi connectivity index (χ1) is 14.1. The van der Waals surface area contributed by atoms with Crippen LogP contribution in [0.25, 0.3) is 11.4 Å². The summed E-state index contributed by atoms with van der Waals surface area (Å²) >= 11 is 5.99. The summed E-state index contributed by atoms with van der Waals surface area (Å²) in [5.41, 5.74) is 3.45. The summed E-state index contributed by atoms with van der Waals surface area (Å²) in [7, 11) is 0. The molecule has 150 valence electrons. The minimum atomic E-state index is -0.632. The number of rotatable bonds is 6. The van der Waals surface area contributed by atoms with Gasteiger partial charge in [0, 0.05) is 10.6 Å². The number of nitrogens with zero attached hydrogens (tertiary/aromatic N) is 2. The maximum atomic E-state index is 12.4. The lowest BCUT2D eigenvalue weighted by Crippen LogP contribution is -2.36. The van der Waals surface area contributed by atoms with E-state index in [0.717, 1.165) is 18.4 Å². The molecule has 1 amide bonds. The monoisotopic (exact) mass is 411 g/mol. The highest BCUT2D eigenvalue weighted by Crippen LogP contribution is 2.26. The maximum absolute atomic E-state index is 12.4. The zero-order valence-electron chi connectivity index (χ0n) is 16.2. The van der Waals surface area contributed by atoms with Gasteiger partial charge in [-0.05, 0) is 68.0 Å². The first-order valence-corrected chi connectivity index (χ1v) is 10.1. The van der Waals surface area contributed by atoms with Crippen molar-refractivity contribution >= 4 is 17.5 Å². The Labute approximate surface area is 174 Å². The van der Waals surface area contributed by atoms with Crippen molar-refractivity contribution in [1.82, 2.24) is 15.5 Å². The van der Waals surface area contributed by atoms with E-state index in [-0.39, 0.29) is 12.5 Å². The molecular formula is C22H22ClN3O3. The Balaban J connectivity index is 1.32. The summed E-state index contributed by atoms with van der Waals surface area (Å²) in [6, 6.07) is 13.3. The van der Waals surface area contributed by atoms with Gasteiger partial charge in [-0.25, -0.2) is 0 Å². The van der Waals surface area contributed by atoms with Crippen LogP contribution in [-0.4, -0.2) is 22.2 Å². The minimum Gasteiger partial charge on any atom is -0.481 e. The Morgan fingerprint density at radius 2 is 2.03 bits per heavy atom. The molecule has 0 unspecified atom stereocenters. The molecule has 1 N–H and O–H groups in total. The van der Waals surface area contributed by atoms with Gasteiger partial charge >= 0.3 is 0 Å². The molecule has 2 aromatic carbocycles. The number of hydrogen-bond donors (Lipinski definition) is 1. The highest BCUT2D eigenvalue weighted by atomic mass is 35.5. The smallest absolute Gasteiger partial charge is 0.261 e. The molecule has 1 aliphatic rings. The van der Waals surface area contributed by atoms with Crippen molar-refractivity contribution in [3.8, 4) is 17.1 Å². The van der Waals surface area contributed by atoms with Crippen molar-refractivity contribution in [3.05, 3.63) is 64.5 Å². The third kappa shape index (κ3) is 4.77. The number of carbonyl (C=O) groups is 1. The van der Waals surface area contributed by atoms with Gasteiger partial charge in [-0.2, -0.15) is 4.98 Å². The summed E-state index contributed by atoms with van der Waals surface area (Å²) in [6.45, 7) is 1.85. The van der Waals surface area contributed by atoms with Gasteiger partial charge in [0.1, 0.15) is 5.75 Å². The molecule has 0 spiro atoms. The van der Waals surface area contributed by atoms with E-state index in [1.54, 1.807) is 19.1 Å². The molecule has 0 saturated carbocycles. The van der Waals surface area contributed by atoms with Gasteiger partial charge in [0.2, 0.25) is 11.7 Å². The molecule has 1 aliphatic carbocycles. The molecule has 0 radical (unpaired) electrons. The third-order valence-electron chi connectivity index (χ3n) is 4.97. The van der Waals surface area contributed by atoms with Gasteiger partial charge in [-0.1, -0.05) is 35.0 Å². The molecule has 1 aromatic heterocycles. The van der Waals surface area contributed by atoms with Gasteiger partial charge in [0.15, 0.2) is 6.10 Å². The van der Waals surface area contributed by atoms with Crippen LogP contribution in [0, 0.1) is 0 Å². The largest absolute Gasteiger partial charge is 0.481 e. The second kappa shape index (κ2) is 8.66. The van der Waals surface area contributed by atoms with Crippen LogP contribution in [0.3, 0.4) is 0 Å². The van der Waals surface area contributed by atoms with Crippen molar-refractivity contribution in [3.63, 3.8) is 0 Å². The lowest BCUT2D eigenvalue weighted by molar-refractivity contribution is -0.127. The number of amides is 1. The number of halogens is 1. The normalized spacial score (nSPS) is 14.1. The summed E-state index contributed by atoms with van der Waals surface area (Å²) in [5, 5.41) is 7.30. The number of fused-ring (bicyclic) bond motifs is 1. The molecule has 1 atom stereocenters. The van der Waals surface area contributed by atoms with E-state index in [0.29, 0.717) is 22.5 Å². The number of benzene rings is 2. The van der Waals surface area contributed by atoms with Gasteiger partial charge in [-0.3, -0.25) is 4.79 Å². The predicted molar refractivity (Wildman–Crippen MR) is 110 cm³/mol. The highest BCUT2D eigenvalue weighted by Gasteiger charge is 2.18. The van der Waals surface area contributed by atoms with Crippen molar-refractivity contribution in [2.75, 3.05) is 0 Å². The molecule has 29 heavy (non-hydrogen) atoms. The number of hydrogen-bond acceptors (Lipinski definition) is 5. The standard InChI is InChI=1S/C22H22ClN3O3/c1-14(28-19-10-9-15-5-2-3-6-16(15)12-19)22(27)24-13-20-25-21(26-29-20)17-7-4-8-18(23)11-17/h4,7-12,14H,2-3,5-6,13H2,1H3,(H,24,27)/t14-/m1/s1. The van der Waals surface area contributed by atoms with Crippen molar-refractivity contribution in [2.24, 2.45) is 0 Å². The zero-order chi connectivity index (χ0) is 20.2. The molecule has 7 heteroatoms. The third-order valence-corrected chi connectivity index (χ3v) is 5.20. The molecule has 0 bridgehead atoms. The van der Waals surface area contributed by atoms with Gasteiger partial charge < -0.3 is 14.6 Å². The zero-order valence-corrected chi connectivity index (χ0v) is 16.9. The van der Waals surface area contributed by atoms with E-state index >= 15 is 0 Å². The van der Waals surface area contributed by atoms with Crippen LogP contribution in [0.5, 0.6) is 5.75 Å². The predicted octanol–water partition coefficient (Wildman–Crippen LogP) is 4.35. The van der Waals surface area contributed by atoms with E-state index in [4.69, 9.17) is 20.9 Å². The lowest BCUT2D eigenvalue weighted by atomic mass is 9.92. The Bertz CT molecular complexity index is 1020. The average Bonchev–Trinajstić information content (AvgIpc) is 3.21. The van der Waals surface area contributed by atoms with Crippen LogP contribution < -0.4 is 10.1 Å². The number of aryl methyl sites for hydroxylation is 2. The first-order valence-electron chi connectivity index (χ1n) is 9.73. The fourth-order valence-corrected chi connectivity index (χ4v) is 3.61. The average molecular weight is 412 g/mol. The Hall–Kier alpha value is -2.86. The van der Waals surface area contributed by atoms with E-state index in [1.165, 1.54) is 24.0 Å². The maximum Gasteiger partial charge on any atom is 0.261 e. The van der Waals surface area contributed by atoms with E-state index in [1.807, 2.05) is 24.3 Å². The van der Waals surface area contributed by atoms with Gasteiger partial charge in [-0.15, -0.1) is 0 Å². The van der Waals surface area contributed by atoms with Crippen LogP contribution in [0.2, 0.25) is 5.02 Å². The quantitative estimate of drug-likeness (QED) is 0.652. The van der Waals surface area contributed by atoms with Crippen molar-refractivity contribution < 1.29 is 14.1 Å². The second-order valence-electron chi connectivity index (χ2n) is 7.14. The number of carbonyl (C=O) groups excluding carboxylic acids is 1. The van der Waals surface area contributed by atoms with Crippen LogP contribution in [0.1, 0.15) is 36.8 Å². The minimum absolute atomic E-state index is 0.129. The molecule has 0 fully saturated rings. The molecule has 3 aromatic rings. The van der Waals surface area contributed by atoms with Crippen LogP contribution in [0.4, 0.5) is 0 Å². The number of ether oxygens (including phenoxy) is 1. The van der Waals surface area contributed by atoms with E-state index < -0.39 is 6.10 Å². The van der Waals surface area contributed by atoms with Crippen molar-refractivity contribution in [1.29, 1.82) is 0 Å². The SMILES string of the molecule is C[C@@H](Oc1ccc2c(c1)CCCC2)C(=O)NCc1nc(-c2cccc(Cl)c2)no1. The molecular weight excluding hydrogens is 390 g/mol. The number of nitrogens with one attached hydrogen (secondary N) is 1. The summed E-state index contributed by atoms with van der Waals surface area (Å²) in [5.74, 6) is 1.21. The van der Waals surface area contributed by atoms with Gasteiger partial charge in [0.05, 0.1) is 6.54 Å². The molecule has 0 aliphatic heterocycles. The van der Waals surface area contributed by atoms with E-state index in [2.05, 4.69) is 21.5 Å². The lowest BCUT2D eigenvalue weighted by Gasteiger charge is -2.19. The fraction of sp³-hybridized carbons (Fsp3) is 0.318. The molecule has 6 nitrogen and oxygen atoms in total. The fourth-order valence-electron chi connectivity index (χ4n) is 3.42. The molecule has 0 saturated heterocycles. The van der Waals surface area contributed by atoms with Crippen molar-refractivity contribution in [2.45, 2.75) is 45.3 Å². The first kappa shape index (κ1) is 19.5. The summed E-state index contributed by atoms with van der Waals surface area (Å²) in [4.78, 5) is 16.7. The van der Waals surface area contributed by atoms with Crippen LogP contribution in [-0.2, 0) is 24.2 Å². The van der Waals surface area contributed by atoms with Crippen LogP contribution >= 0.6 is 11.6 Å². The highest BCUT2D eigenvalue weighted by molar-refractivity contribution is 6.30. The second-order valence-corrected chi connectivity index (χ2v) is 7.57. The molecule has 4 rings (SSSR count). The van der Waals surface area contributed by atoms with Gasteiger partial charge in [0.25, 0.3) is 5.91 Å². The topological polar surface area (TPSA) is 77.2 Å². The Morgan fingerprint density at radius 1 is 1.21 bits per heavy atom. The Kier molecular flexibility index (Phi) is 5.81. The summed E-state index contributed by atoms with van der Waals surface area (Å²) < 4.78 is 11.0. The van der Waals surface area contributed by atoms with Crippen LogP contribution in [0.15, 0.2) is 47.0 Å².